The fourth-order valence-electron chi connectivity index (χ4n) is 4.89. The van der Waals surface area contributed by atoms with Crippen LogP contribution in [-0.2, 0) is 9.53 Å². The first-order chi connectivity index (χ1) is 14.5. The molecule has 1 aromatic rings. The summed E-state index contributed by atoms with van der Waals surface area (Å²) in [6.45, 7) is 4.41. The molecule has 1 aliphatic carbocycles. The Kier molecular flexibility index (Phi) is 7.93. The molecule has 8 nitrogen and oxygen atoms in total. The normalized spacial score (nSPS) is 28.8. The first-order valence-corrected chi connectivity index (χ1v) is 10.6. The lowest BCUT2D eigenvalue weighted by Crippen LogP contribution is -2.53. The maximum absolute atomic E-state index is 13.1. The van der Waals surface area contributed by atoms with Crippen LogP contribution in [-0.4, -0.2) is 91.0 Å². The van der Waals surface area contributed by atoms with Gasteiger partial charge in [-0.15, -0.1) is 0 Å². The highest BCUT2D eigenvalue weighted by Gasteiger charge is 2.45. The SMILES string of the molecule is COc1cc(Cl)ccc1C(=O)N1C[C@H]2C[C@@H](N3CCOCC3)[C@H](O)C[C@H]2C1.O=CO. The molecule has 4 rings (SSSR count). The van der Waals surface area contributed by atoms with Gasteiger partial charge in [0.2, 0.25) is 0 Å². The summed E-state index contributed by atoms with van der Waals surface area (Å²) >= 11 is 6.02. The van der Waals surface area contributed by atoms with E-state index in [1.165, 1.54) is 0 Å². The molecule has 4 atom stereocenters. The van der Waals surface area contributed by atoms with Gasteiger partial charge in [0, 0.05) is 37.2 Å². The molecule has 0 aromatic heterocycles. The van der Waals surface area contributed by atoms with Crippen molar-refractivity contribution in [3.05, 3.63) is 28.8 Å². The summed E-state index contributed by atoms with van der Waals surface area (Å²) in [6, 6.07) is 5.31. The lowest BCUT2D eigenvalue weighted by Gasteiger charge is -2.43. The third-order valence-corrected chi connectivity index (χ3v) is 6.54. The van der Waals surface area contributed by atoms with Gasteiger partial charge in [-0.25, -0.2) is 0 Å². The van der Waals surface area contributed by atoms with Crippen LogP contribution in [0.3, 0.4) is 0 Å². The van der Waals surface area contributed by atoms with E-state index in [1.54, 1.807) is 25.3 Å². The third-order valence-electron chi connectivity index (χ3n) is 6.30. The molecular weight excluding hydrogens is 412 g/mol. The van der Waals surface area contributed by atoms with Gasteiger partial charge in [0.05, 0.1) is 32.0 Å². The Hall–Kier alpha value is -1.87. The van der Waals surface area contributed by atoms with E-state index in [0.29, 0.717) is 34.7 Å². The minimum atomic E-state index is -0.329. The molecule has 2 N–H and O–H groups in total. The summed E-state index contributed by atoms with van der Waals surface area (Å²) < 4.78 is 10.8. The molecule has 166 valence electrons. The van der Waals surface area contributed by atoms with Gasteiger partial charge in [-0.2, -0.15) is 0 Å². The Bertz CT molecular complexity index is 742. The van der Waals surface area contributed by atoms with Crippen LogP contribution < -0.4 is 4.74 Å². The number of rotatable bonds is 3. The Balaban J connectivity index is 0.000000806. The van der Waals surface area contributed by atoms with Crippen molar-refractivity contribution in [3.8, 4) is 5.75 Å². The van der Waals surface area contributed by atoms with Crippen LogP contribution >= 0.6 is 11.6 Å². The molecule has 3 aliphatic rings. The standard InChI is InChI=1S/C20H27ClN2O4.CH2O2/c1-26-19-10-15(21)2-3-16(19)20(25)23-11-13-8-17(18(24)9-14(13)12-23)22-4-6-27-7-5-22;2-1-3/h2-3,10,13-14,17-18,24H,4-9,11-12H2,1H3;1H,(H,2,3)/t13-,14+,17-,18-;/m1./s1. The van der Waals surface area contributed by atoms with Crippen molar-refractivity contribution in [2.75, 3.05) is 46.5 Å². The van der Waals surface area contributed by atoms with Gasteiger partial charge in [-0.1, -0.05) is 11.6 Å². The molecule has 0 bridgehead atoms. The second-order valence-electron chi connectivity index (χ2n) is 7.93. The van der Waals surface area contributed by atoms with E-state index in [2.05, 4.69) is 4.90 Å². The number of carboxylic acid groups (broad SMARTS) is 1. The first kappa shape index (κ1) is 22.8. The van der Waals surface area contributed by atoms with E-state index < -0.39 is 0 Å². The number of aliphatic hydroxyl groups is 1. The topological polar surface area (TPSA) is 99.5 Å². The molecule has 30 heavy (non-hydrogen) atoms. The van der Waals surface area contributed by atoms with Gasteiger partial charge in [0.1, 0.15) is 5.75 Å². The highest BCUT2D eigenvalue weighted by molar-refractivity contribution is 6.30. The smallest absolute Gasteiger partial charge is 0.290 e. The van der Waals surface area contributed by atoms with E-state index in [-0.39, 0.29) is 24.5 Å². The number of benzene rings is 1. The number of amides is 1. The number of aliphatic hydroxyl groups excluding tert-OH is 1. The average Bonchev–Trinajstić information content (AvgIpc) is 3.16. The predicted octanol–water partition coefficient (Wildman–Crippen LogP) is 1.59. The lowest BCUT2D eigenvalue weighted by molar-refractivity contribution is -0.122. The van der Waals surface area contributed by atoms with Crippen LogP contribution in [0.1, 0.15) is 23.2 Å². The van der Waals surface area contributed by atoms with Crippen molar-refractivity contribution >= 4 is 24.0 Å². The van der Waals surface area contributed by atoms with Gasteiger partial charge in [0.25, 0.3) is 12.4 Å². The van der Waals surface area contributed by atoms with E-state index in [0.717, 1.165) is 45.7 Å². The van der Waals surface area contributed by atoms with Crippen LogP contribution in [0.2, 0.25) is 5.02 Å². The van der Waals surface area contributed by atoms with Crippen molar-refractivity contribution in [1.82, 2.24) is 9.80 Å². The maximum Gasteiger partial charge on any atom is 0.290 e. The zero-order chi connectivity index (χ0) is 21.7. The second-order valence-corrected chi connectivity index (χ2v) is 8.37. The highest BCUT2D eigenvalue weighted by Crippen LogP contribution is 2.39. The third kappa shape index (κ3) is 5.06. The predicted molar refractivity (Wildman–Crippen MR) is 111 cm³/mol. The van der Waals surface area contributed by atoms with Crippen LogP contribution in [0.4, 0.5) is 0 Å². The highest BCUT2D eigenvalue weighted by atomic mass is 35.5. The largest absolute Gasteiger partial charge is 0.496 e. The zero-order valence-corrected chi connectivity index (χ0v) is 17.8. The number of methoxy groups -OCH3 is 1. The Morgan fingerprint density at radius 1 is 1.23 bits per heavy atom. The lowest BCUT2D eigenvalue weighted by atomic mass is 9.77. The van der Waals surface area contributed by atoms with E-state index in [9.17, 15) is 9.90 Å². The molecule has 0 spiro atoms. The summed E-state index contributed by atoms with van der Waals surface area (Å²) in [5, 5.41) is 18.1. The monoisotopic (exact) mass is 440 g/mol. The van der Waals surface area contributed by atoms with Gasteiger partial charge in [-0.05, 0) is 42.9 Å². The molecule has 2 heterocycles. The van der Waals surface area contributed by atoms with Crippen LogP contribution in [0.25, 0.3) is 0 Å². The van der Waals surface area contributed by atoms with Crippen molar-refractivity contribution in [1.29, 1.82) is 0 Å². The summed E-state index contributed by atoms with van der Waals surface area (Å²) in [4.78, 5) is 25.7. The van der Waals surface area contributed by atoms with Crippen molar-refractivity contribution < 1.29 is 29.3 Å². The summed E-state index contributed by atoms with van der Waals surface area (Å²) in [7, 11) is 1.55. The van der Waals surface area contributed by atoms with E-state index in [4.69, 9.17) is 31.0 Å². The van der Waals surface area contributed by atoms with Gasteiger partial charge < -0.3 is 24.6 Å². The molecule has 3 fully saturated rings. The van der Waals surface area contributed by atoms with Gasteiger partial charge >= 0.3 is 0 Å². The Morgan fingerprint density at radius 3 is 2.50 bits per heavy atom. The van der Waals surface area contributed by atoms with Crippen LogP contribution in [0, 0.1) is 11.8 Å². The van der Waals surface area contributed by atoms with Crippen LogP contribution in [0.15, 0.2) is 18.2 Å². The fraction of sp³-hybridized carbons (Fsp3) is 0.619. The second kappa shape index (κ2) is 10.4. The summed E-state index contributed by atoms with van der Waals surface area (Å²) in [5.41, 5.74) is 0.547. The maximum atomic E-state index is 13.1. The molecule has 2 saturated heterocycles. The molecule has 1 saturated carbocycles. The molecular formula is C21H29ClN2O6. The summed E-state index contributed by atoms with van der Waals surface area (Å²) in [6.07, 6.45) is 1.37. The molecule has 1 amide bonds. The number of ether oxygens (including phenoxy) is 2. The number of carbonyl (C=O) groups is 2. The zero-order valence-electron chi connectivity index (χ0n) is 17.1. The molecule has 1 aromatic carbocycles. The molecule has 2 aliphatic heterocycles. The molecule has 9 heteroatoms. The minimum absolute atomic E-state index is 0.0182. The number of carbonyl (C=O) groups excluding carboxylic acids is 1. The quantitative estimate of drug-likeness (QED) is 0.688. The number of hydrogen-bond donors (Lipinski definition) is 2. The Morgan fingerprint density at radius 2 is 1.87 bits per heavy atom. The number of halogens is 1. The van der Waals surface area contributed by atoms with Crippen LogP contribution in [0.5, 0.6) is 5.75 Å². The molecule has 0 unspecified atom stereocenters. The van der Waals surface area contributed by atoms with Gasteiger partial charge in [-0.3, -0.25) is 14.5 Å². The first-order valence-electron chi connectivity index (χ1n) is 10.2. The minimum Gasteiger partial charge on any atom is -0.496 e. The number of hydrogen-bond acceptors (Lipinski definition) is 6. The average molecular weight is 441 g/mol. The summed E-state index contributed by atoms with van der Waals surface area (Å²) in [5.74, 6) is 1.28. The van der Waals surface area contributed by atoms with E-state index >= 15 is 0 Å². The number of nitrogens with zero attached hydrogens (tertiary/aromatic N) is 2. The van der Waals surface area contributed by atoms with Crippen molar-refractivity contribution in [3.63, 3.8) is 0 Å². The number of fused-ring (bicyclic) bond motifs is 1. The van der Waals surface area contributed by atoms with Crippen molar-refractivity contribution in [2.45, 2.75) is 25.0 Å². The number of likely N-dealkylation sites (tertiary alicyclic amines) is 1. The Labute approximate surface area is 181 Å². The molecule has 0 radical (unpaired) electrons. The van der Waals surface area contributed by atoms with Gasteiger partial charge in [0.15, 0.2) is 0 Å². The fourth-order valence-corrected chi connectivity index (χ4v) is 5.05. The van der Waals surface area contributed by atoms with E-state index in [1.807, 2.05) is 4.90 Å². The number of morpholine rings is 1. The van der Waals surface area contributed by atoms with Crippen molar-refractivity contribution in [2.24, 2.45) is 11.8 Å².